The fourth-order valence-electron chi connectivity index (χ4n) is 1.45. The largest absolute Gasteiger partial charge is 0.352 e. The van der Waals surface area contributed by atoms with Crippen LogP contribution in [0.15, 0.2) is 17.1 Å². The van der Waals surface area contributed by atoms with Crippen molar-refractivity contribution in [1.82, 2.24) is 9.88 Å². The van der Waals surface area contributed by atoms with Crippen LogP contribution in [-0.4, -0.2) is 11.1 Å². The van der Waals surface area contributed by atoms with E-state index in [4.69, 9.17) is 0 Å². The van der Waals surface area contributed by atoms with Gasteiger partial charge in [0.1, 0.15) is 0 Å². The molecule has 0 saturated carbocycles. The Bertz CT molecular complexity index is 339. The Kier molecular flexibility index (Phi) is 3.96. The number of nitrogens with zero attached hydrogens (tertiary/aromatic N) is 1. The van der Waals surface area contributed by atoms with Crippen LogP contribution in [0, 0.1) is 13.8 Å². The molecular formula is C11H17BrN2. The molecule has 0 unspecified atom stereocenters. The van der Waals surface area contributed by atoms with Gasteiger partial charge in [-0.2, -0.15) is 0 Å². The van der Waals surface area contributed by atoms with Crippen LogP contribution in [0.3, 0.4) is 0 Å². The third kappa shape index (κ3) is 2.72. The van der Waals surface area contributed by atoms with Crippen LogP contribution in [-0.2, 0) is 13.6 Å². The van der Waals surface area contributed by atoms with Crippen molar-refractivity contribution in [2.75, 3.05) is 6.54 Å². The molecule has 1 rings (SSSR count). The fraction of sp³-hybridized carbons (Fsp3) is 0.455. The third-order valence-electron chi connectivity index (χ3n) is 2.51. The number of aryl methyl sites for hydroxylation is 1. The molecule has 1 aromatic heterocycles. The molecule has 0 spiro atoms. The van der Waals surface area contributed by atoms with E-state index in [0.29, 0.717) is 0 Å². The summed E-state index contributed by atoms with van der Waals surface area (Å²) in [6.07, 6.45) is 0. The van der Waals surface area contributed by atoms with Crippen LogP contribution in [0.1, 0.15) is 17.0 Å². The van der Waals surface area contributed by atoms with Gasteiger partial charge in [0.15, 0.2) is 0 Å². The zero-order chi connectivity index (χ0) is 10.7. The van der Waals surface area contributed by atoms with Gasteiger partial charge in [-0.05, 0) is 25.5 Å². The maximum Gasteiger partial charge on any atom is 0.0268 e. The van der Waals surface area contributed by atoms with Gasteiger partial charge >= 0.3 is 0 Å². The zero-order valence-corrected chi connectivity index (χ0v) is 10.6. The van der Waals surface area contributed by atoms with Gasteiger partial charge in [-0.1, -0.05) is 22.5 Å². The fourth-order valence-corrected chi connectivity index (χ4v) is 1.64. The van der Waals surface area contributed by atoms with Crippen molar-refractivity contribution >= 4 is 15.9 Å². The number of aromatic nitrogens is 1. The molecule has 0 saturated heterocycles. The second kappa shape index (κ2) is 4.80. The smallest absolute Gasteiger partial charge is 0.0268 e. The average molecular weight is 257 g/mol. The minimum Gasteiger partial charge on any atom is -0.352 e. The van der Waals surface area contributed by atoms with E-state index >= 15 is 0 Å². The van der Waals surface area contributed by atoms with Crippen LogP contribution in [0.5, 0.6) is 0 Å². The van der Waals surface area contributed by atoms with Gasteiger partial charge in [-0.25, -0.2) is 0 Å². The van der Waals surface area contributed by atoms with Crippen molar-refractivity contribution < 1.29 is 0 Å². The Morgan fingerprint density at radius 3 is 2.64 bits per heavy atom. The van der Waals surface area contributed by atoms with Crippen molar-refractivity contribution in [3.05, 3.63) is 34.1 Å². The lowest BCUT2D eigenvalue weighted by Crippen LogP contribution is -2.14. The van der Waals surface area contributed by atoms with Gasteiger partial charge in [0.2, 0.25) is 0 Å². The Morgan fingerprint density at radius 2 is 2.21 bits per heavy atom. The first kappa shape index (κ1) is 11.5. The van der Waals surface area contributed by atoms with E-state index in [9.17, 15) is 0 Å². The van der Waals surface area contributed by atoms with E-state index in [0.717, 1.165) is 17.6 Å². The molecule has 0 amide bonds. The molecule has 3 heteroatoms. The number of hydrogen-bond acceptors (Lipinski definition) is 1. The number of hydrogen-bond donors (Lipinski definition) is 1. The SMILES string of the molecule is C=C(Br)CNCc1cc(C)n(C)c1C. The summed E-state index contributed by atoms with van der Waals surface area (Å²) >= 11 is 3.32. The molecule has 1 heterocycles. The predicted octanol–water partition coefficient (Wildman–Crippen LogP) is 2.64. The van der Waals surface area contributed by atoms with Crippen molar-refractivity contribution in [2.45, 2.75) is 20.4 Å². The molecule has 1 N–H and O–H groups in total. The lowest BCUT2D eigenvalue weighted by atomic mass is 10.2. The Morgan fingerprint density at radius 1 is 1.57 bits per heavy atom. The summed E-state index contributed by atoms with van der Waals surface area (Å²) in [4.78, 5) is 0. The molecule has 2 nitrogen and oxygen atoms in total. The van der Waals surface area contributed by atoms with E-state index in [2.05, 4.69) is 59.4 Å². The Labute approximate surface area is 94.1 Å². The Hall–Kier alpha value is -0.540. The summed E-state index contributed by atoms with van der Waals surface area (Å²) in [5, 5.41) is 3.32. The highest BCUT2D eigenvalue weighted by atomic mass is 79.9. The molecular weight excluding hydrogens is 240 g/mol. The first-order chi connectivity index (χ1) is 6.52. The van der Waals surface area contributed by atoms with Crippen LogP contribution < -0.4 is 5.32 Å². The molecule has 0 aliphatic heterocycles. The standard InChI is InChI=1S/C11H17BrN2/c1-8(12)6-13-7-11-5-9(2)14(4)10(11)3/h5,13H,1,6-7H2,2-4H3. The van der Waals surface area contributed by atoms with Crippen molar-refractivity contribution in [3.8, 4) is 0 Å². The number of halogens is 1. The predicted molar refractivity (Wildman–Crippen MR) is 64.7 cm³/mol. The van der Waals surface area contributed by atoms with Crippen molar-refractivity contribution in [3.63, 3.8) is 0 Å². The minimum atomic E-state index is 0.813. The van der Waals surface area contributed by atoms with Crippen molar-refractivity contribution in [1.29, 1.82) is 0 Å². The molecule has 0 aliphatic rings. The topological polar surface area (TPSA) is 17.0 Å². The number of rotatable bonds is 4. The van der Waals surface area contributed by atoms with Gasteiger partial charge in [0.25, 0.3) is 0 Å². The van der Waals surface area contributed by atoms with E-state index in [1.165, 1.54) is 17.0 Å². The van der Waals surface area contributed by atoms with Crippen LogP contribution >= 0.6 is 15.9 Å². The molecule has 14 heavy (non-hydrogen) atoms. The zero-order valence-electron chi connectivity index (χ0n) is 9.02. The second-order valence-corrected chi connectivity index (χ2v) is 4.70. The van der Waals surface area contributed by atoms with Crippen LogP contribution in [0.25, 0.3) is 0 Å². The van der Waals surface area contributed by atoms with E-state index < -0.39 is 0 Å². The highest BCUT2D eigenvalue weighted by Gasteiger charge is 2.04. The van der Waals surface area contributed by atoms with Gasteiger partial charge in [0.05, 0.1) is 0 Å². The lowest BCUT2D eigenvalue weighted by molar-refractivity contribution is 0.744. The monoisotopic (exact) mass is 256 g/mol. The Balaban J connectivity index is 2.59. The molecule has 0 radical (unpaired) electrons. The maximum atomic E-state index is 3.78. The molecule has 0 atom stereocenters. The quantitative estimate of drug-likeness (QED) is 0.877. The van der Waals surface area contributed by atoms with Gasteiger partial charge in [-0.15, -0.1) is 0 Å². The summed E-state index contributed by atoms with van der Waals surface area (Å²) in [6.45, 7) is 9.76. The molecule has 1 aromatic rings. The second-order valence-electron chi connectivity index (χ2n) is 3.58. The van der Waals surface area contributed by atoms with Crippen molar-refractivity contribution in [2.24, 2.45) is 7.05 Å². The highest BCUT2D eigenvalue weighted by molar-refractivity contribution is 9.11. The van der Waals surface area contributed by atoms with E-state index in [1.54, 1.807) is 0 Å². The molecule has 0 bridgehead atoms. The summed E-state index contributed by atoms with van der Waals surface area (Å²) in [7, 11) is 2.09. The summed E-state index contributed by atoms with van der Waals surface area (Å²) in [5.74, 6) is 0. The average Bonchev–Trinajstić information content (AvgIpc) is 2.33. The van der Waals surface area contributed by atoms with Gasteiger partial charge in [-0.3, -0.25) is 0 Å². The highest BCUT2D eigenvalue weighted by Crippen LogP contribution is 2.12. The first-order valence-corrected chi connectivity index (χ1v) is 5.47. The van der Waals surface area contributed by atoms with Gasteiger partial charge in [0, 0.05) is 36.0 Å². The molecule has 0 fully saturated rings. The molecule has 0 aromatic carbocycles. The minimum absolute atomic E-state index is 0.813. The maximum absolute atomic E-state index is 3.78. The summed E-state index contributed by atoms with van der Waals surface area (Å²) < 4.78 is 3.20. The summed E-state index contributed by atoms with van der Waals surface area (Å²) in [5.41, 5.74) is 3.99. The summed E-state index contributed by atoms with van der Waals surface area (Å²) in [6, 6.07) is 2.22. The molecule has 78 valence electrons. The molecule has 0 aliphatic carbocycles. The third-order valence-corrected chi connectivity index (χ3v) is 2.79. The number of nitrogens with one attached hydrogen (secondary N) is 1. The normalized spacial score (nSPS) is 10.6. The van der Waals surface area contributed by atoms with Gasteiger partial charge < -0.3 is 9.88 Å². The lowest BCUT2D eigenvalue weighted by Gasteiger charge is -2.04. The van der Waals surface area contributed by atoms with E-state index in [1.807, 2.05) is 0 Å². The van der Waals surface area contributed by atoms with Crippen LogP contribution in [0.2, 0.25) is 0 Å². The van der Waals surface area contributed by atoms with Crippen LogP contribution in [0.4, 0.5) is 0 Å². The first-order valence-electron chi connectivity index (χ1n) is 4.68. The van der Waals surface area contributed by atoms with E-state index in [-0.39, 0.29) is 0 Å².